The van der Waals surface area contributed by atoms with Crippen LogP contribution in [0.2, 0.25) is 0 Å². The van der Waals surface area contributed by atoms with E-state index in [1.165, 1.54) is 11.3 Å². The lowest BCUT2D eigenvalue weighted by Crippen LogP contribution is -2.13. The molecule has 2 heterocycles. The second-order valence-electron chi connectivity index (χ2n) is 5.95. The molecule has 0 fully saturated rings. The highest BCUT2D eigenvalue weighted by molar-refractivity contribution is 7.19. The molecular formula is C19H17N5O3S. The van der Waals surface area contributed by atoms with Gasteiger partial charge >= 0.3 is 0 Å². The first-order valence-corrected chi connectivity index (χ1v) is 9.23. The fourth-order valence-electron chi connectivity index (χ4n) is 2.74. The Labute approximate surface area is 164 Å². The summed E-state index contributed by atoms with van der Waals surface area (Å²) in [5, 5.41) is 16.3. The van der Waals surface area contributed by atoms with Crippen LogP contribution in [0.15, 0.2) is 42.5 Å². The van der Waals surface area contributed by atoms with Crippen LogP contribution in [0.5, 0.6) is 11.5 Å². The van der Waals surface area contributed by atoms with Crippen LogP contribution in [-0.2, 0) is 0 Å². The summed E-state index contributed by atoms with van der Waals surface area (Å²) < 4.78 is 12.2. The summed E-state index contributed by atoms with van der Waals surface area (Å²) in [6.45, 7) is 1.84. The summed E-state index contributed by atoms with van der Waals surface area (Å²) >= 11 is 1.41. The van der Waals surface area contributed by atoms with E-state index in [0.717, 1.165) is 10.6 Å². The van der Waals surface area contributed by atoms with Crippen LogP contribution in [0.1, 0.15) is 16.2 Å². The van der Waals surface area contributed by atoms with Gasteiger partial charge in [-0.25, -0.2) is 0 Å². The van der Waals surface area contributed by atoms with Gasteiger partial charge in [-0.1, -0.05) is 23.5 Å². The van der Waals surface area contributed by atoms with Crippen LogP contribution >= 0.6 is 11.3 Å². The third kappa shape index (κ3) is 3.27. The van der Waals surface area contributed by atoms with Gasteiger partial charge in [0.1, 0.15) is 16.5 Å². The van der Waals surface area contributed by atoms with Crippen molar-refractivity contribution < 1.29 is 14.3 Å². The van der Waals surface area contributed by atoms with Crippen molar-refractivity contribution in [2.75, 3.05) is 19.5 Å². The number of carbonyl (C=O) groups excluding carboxylic acids is 1. The topological polar surface area (TPSA) is 90.6 Å². The van der Waals surface area contributed by atoms with Gasteiger partial charge in [0.25, 0.3) is 5.91 Å². The minimum absolute atomic E-state index is 0.274. The van der Waals surface area contributed by atoms with Crippen molar-refractivity contribution in [3.05, 3.63) is 53.9 Å². The fraction of sp³-hybridized carbons (Fsp3) is 0.158. The summed E-state index contributed by atoms with van der Waals surface area (Å²) in [6.07, 6.45) is 0. The molecule has 0 aliphatic rings. The highest BCUT2D eigenvalue weighted by atomic mass is 32.1. The SMILES string of the molecule is COc1cc(OC)cc(C(=O)Nc2ccccc2-c2nn3c(C)nnc3s2)c1. The smallest absolute Gasteiger partial charge is 0.255 e. The zero-order valence-corrected chi connectivity index (χ0v) is 16.3. The normalized spacial score (nSPS) is 10.8. The number of methoxy groups -OCH3 is 2. The van der Waals surface area contributed by atoms with Gasteiger partial charge in [0.05, 0.1) is 19.9 Å². The highest BCUT2D eigenvalue weighted by Gasteiger charge is 2.16. The van der Waals surface area contributed by atoms with Crippen molar-refractivity contribution in [2.45, 2.75) is 6.92 Å². The first-order valence-electron chi connectivity index (χ1n) is 8.41. The van der Waals surface area contributed by atoms with Gasteiger partial charge in [0, 0.05) is 17.2 Å². The number of para-hydroxylation sites is 1. The van der Waals surface area contributed by atoms with Crippen LogP contribution in [0.3, 0.4) is 0 Å². The molecular weight excluding hydrogens is 378 g/mol. The van der Waals surface area contributed by atoms with E-state index in [4.69, 9.17) is 9.47 Å². The minimum atomic E-state index is -0.274. The summed E-state index contributed by atoms with van der Waals surface area (Å²) in [5.41, 5.74) is 1.89. The minimum Gasteiger partial charge on any atom is -0.497 e. The van der Waals surface area contributed by atoms with E-state index in [9.17, 15) is 4.79 Å². The molecule has 4 rings (SSSR count). The molecule has 2 aromatic carbocycles. The third-order valence-corrected chi connectivity index (χ3v) is 5.10. The molecule has 0 aliphatic heterocycles. The number of aryl methyl sites for hydroxylation is 1. The number of benzene rings is 2. The lowest BCUT2D eigenvalue weighted by molar-refractivity contribution is 0.102. The van der Waals surface area contributed by atoms with Crippen molar-refractivity contribution >= 4 is 27.9 Å². The number of aromatic nitrogens is 4. The first-order chi connectivity index (χ1) is 13.6. The van der Waals surface area contributed by atoms with Crippen molar-refractivity contribution in [1.29, 1.82) is 0 Å². The molecule has 2 aromatic heterocycles. The number of hydrogen-bond donors (Lipinski definition) is 1. The van der Waals surface area contributed by atoms with Gasteiger partial charge in [0.2, 0.25) is 4.96 Å². The second-order valence-corrected chi connectivity index (χ2v) is 6.91. The second kappa shape index (κ2) is 7.28. The van der Waals surface area contributed by atoms with E-state index < -0.39 is 0 Å². The Morgan fingerprint density at radius 2 is 1.79 bits per heavy atom. The monoisotopic (exact) mass is 395 g/mol. The maximum Gasteiger partial charge on any atom is 0.255 e. The Balaban J connectivity index is 1.68. The quantitative estimate of drug-likeness (QED) is 0.557. The Morgan fingerprint density at radius 3 is 2.46 bits per heavy atom. The number of nitrogens with zero attached hydrogens (tertiary/aromatic N) is 4. The van der Waals surface area contributed by atoms with Gasteiger partial charge in [-0.15, -0.1) is 10.2 Å². The van der Waals surface area contributed by atoms with E-state index in [1.54, 1.807) is 36.9 Å². The van der Waals surface area contributed by atoms with Crippen molar-refractivity contribution in [1.82, 2.24) is 19.8 Å². The summed E-state index contributed by atoms with van der Waals surface area (Å²) in [7, 11) is 3.09. The van der Waals surface area contributed by atoms with Gasteiger partial charge in [-0.05, 0) is 31.2 Å². The van der Waals surface area contributed by atoms with E-state index in [2.05, 4.69) is 20.6 Å². The maximum atomic E-state index is 12.8. The van der Waals surface area contributed by atoms with E-state index in [1.807, 2.05) is 31.2 Å². The average molecular weight is 395 g/mol. The molecule has 0 aliphatic carbocycles. The molecule has 0 spiro atoms. The number of rotatable bonds is 5. The predicted octanol–water partition coefficient (Wildman–Crippen LogP) is 3.43. The zero-order chi connectivity index (χ0) is 19.7. The molecule has 4 aromatic rings. The number of carbonyl (C=O) groups is 1. The van der Waals surface area contributed by atoms with E-state index in [-0.39, 0.29) is 5.91 Å². The molecule has 8 nitrogen and oxygen atoms in total. The van der Waals surface area contributed by atoms with Gasteiger partial charge in [0.15, 0.2) is 5.82 Å². The summed E-state index contributed by atoms with van der Waals surface area (Å²) in [6, 6.07) is 12.5. The number of amides is 1. The van der Waals surface area contributed by atoms with E-state index >= 15 is 0 Å². The molecule has 28 heavy (non-hydrogen) atoms. The Morgan fingerprint density at radius 1 is 1.07 bits per heavy atom. The molecule has 142 valence electrons. The van der Waals surface area contributed by atoms with Crippen LogP contribution in [-0.4, -0.2) is 39.9 Å². The van der Waals surface area contributed by atoms with Gasteiger partial charge in [-0.2, -0.15) is 9.61 Å². The Bertz CT molecular complexity index is 1150. The number of fused-ring (bicyclic) bond motifs is 1. The zero-order valence-electron chi connectivity index (χ0n) is 15.5. The van der Waals surface area contributed by atoms with Crippen LogP contribution in [0.25, 0.3) is 15.5 Å². The van der Waals surface area contributed by atoms with E-state index in [0.29, 0.717) is 33.5 Å². The fourth-order valence-corrected chi connectivity index (χ4v) is 3.66. The van der Waals surface area contributed by atoms with Crippen LogP contribution in [0.4, 0.5) is 5.69 Å². The predicted molar refractivity (Wildman–Crippen MR) is 106 cm³/mol. The molecule has 0 radical (unpaired) electrons. The number of hydrogen-bond acceptors (Lipinski definition) is 7. The van der Waals surface area contributed by atoms with Gasteiger partial charge in [-0.3, -0.25) is 4.79 Å². The Hall–Kier alpha value is -3.46. The molecule has 1 amide bonds. The number of nitrogens with one attached hydrogen (secondary N) is 1. The molecule has 0 bridgehead atoms. The largest absolute Gasteiger partial charge is 0.497 e. The molecule has 0 saturated carbocycles. The molecule has 0 saturated heterocycles. The first kappa shape index (κ1) is 17.9. The Kier molecular flexibility index (Phi) is 4.66. The molecule has 9 heteroatoms. The molecule has 1 N–H and O–H groups in total. The lowest BCUT2D eigenvalue weighted by Gasteiger charge is -2.11. The maximum absolute atomic E-state index is 12.8. The van der Waals surface area contributed by atoms with Crippen molar-refractivity contribution in [2.24, 2.45) is 0 Å². The third-order valence-electron chi connectivity index (χ3n) is 4.17. The molecule has 0 atom stereocenters. The van der Waals surface area contributed by atoms with Crippen molar-refractivity contribution in [3.63, 3.8) is 0 Å². The van der Waals surface area contributed by atoms with Crippen molar-refractivity contribution in [3.8, 4) is 22.1 Å². The van der Waals surface area contributed by atoms with Crippen LogP contribution in [0, 0.1) is 6.92 Å². The summed E-state index contributed by atoms with van der Waals surface area (Å²) in [4.78, 5) is 13.5. The average Bonchev–Trinajstić information content (AvgIpc) is 3.30. The summed E-state index contributed by atoms with van der Waals surface area (Å²) in [5.74, 6) is 1.52. The van der Waals surface area contributed by atoms with Gasteiger partial charge < -0.3 is 14.8 Å². The number of anilines is 1. The van der Waals surface area contributed by atoms with Crippen LogP contribution < -0.4 is 14.8 Å². The molecule has 0 unspecified atom stereocenters. The highest BCUT2D eigenvalue weighted by Crippen LogP contribution is 2.32. The standard InChI is InChI=1S/C19H17N5O3S/c1-11-21-22-19-24(11)23-18(28-19)15-6-4-5-7-16(15)20-17(25)12-8-13(26-2)10-14(9-12)27-3/h4-10H,1-3H3,(H,20,25). The number of ether oxygens (including phenoxy) is 2. The lowest BCUT2D eigenvalue weighted by atomic mass is 10.1.